The molecule has 0 bridgehead atoms. The van der Waals surface area contributed by atoms with Crippen LogP contribution in [0.4, 0.5) is 10.5 Å². The molecule has 1 aliphatic heterocycles. The van der Waals surface area contributed by atoms with Crippen molar-refractivity contribution < 1.29 is 9.59 Å². The Hall–Kier alpha value is -4.18. The van der Waals surface area contributed by atoms with Gasteiger partial charge in [-0.3, -0.25) is 4.79 Å². The van der Waals surface area contributed by atoms with E-state index in [1.54, 1.807) is 4.90 Å². The number of amides is 3. The topological polar surface area (TPSA) is 40.6 Å². The zero-order valence-electron chi connectivity index (χ0n) is 20.0. The van der Waals surface area contributed by atoms with Crippen LogP contribution in [0.5, 0.6) is 0 Å². The summed E-state index contributed by atoms with van der Waals surface area (Å²) in [6, 6.07) is 35.8. The largest absolute Gasteiger partial charge is 0.332 e. The summed E-state index contributed by atoms with van der Waals surface area (Å²) in [5, 5.41) is 0. The van der Waals surface area contributed by atoms with Gasteiger partial charge in [0, 0.05) is 6.54 Å². The first-order chi connectivity index (χ1) is 16.9. The fraction of sp³-hybridized carbons (Fsp3) is 0.161. The van der Waals surface area contributed by atoms with Crippen LogP contribution in [0.1, 0.15) is 30.5 Å². The number of carbonyl (C=O) groups excluding carboxylic acids is 2. The van der Waals surface area contributed by atoms with Gasteiger partial charge < -0.3 is 4.90 Å². The first-order valence-corrected chi connectivity index (χ1v) is 11.9. The van der Waals surface area contributed by atoms with E-state index < -0.39 is 5.54 Å². The number of urea groups is 1. The van der Waals surface area contributed by atoms with Crippen LogP contribution in [0.3, 0.4) is 0 Å². The molecule has 0 N–H and O–H groups in total. The Bertz CT molecular complexity index is 1350. The van der Waals surface area contributed by atoms with Gasteiger partial charge in [-0.05, 0) is 60.2 Å². The minimum atomic E-state index is -0.949. The van der Waals surface area contributed by atoms with Crippen LogP contribution < -0.4 is 4.90 Å². The van der Waals surface area contributed by atoms with E-state index in [1.165, 1.54) is 10.5 Å². The Kier molecular flexibility index (Phi) is 5.96. The second-order valence-electron chi connectivity index (χ2n) is 9.41. The van der Waals surface area contributed by atoms with Crippen molar-refractivity contribution in [3.05, 3.63) is 126 Å². The molecular weight excluding hydrogens is 432 g/mol. The van der Waals surface area contributed by atoms with E-state index in [0.29, 0.717) is 12.2 Å². The van der Waals surface area contributed by atoms with Gasteiger partial charge in [-0.2, -0.15) is 0 Å². The number of carbonyl (C=O) groups is 2. The van der Waals surface area contributed by atoms with Gasteiger partial charge in [0.05, 0.1) is 5.69 Å². The summed E-state index contributed by atoms with van der Waals surface area (Å²) in [6.45, 7) is 4.02. The monoisotopic (exact) mass is 460 g/mol. The van der Waals surface area contributed by atoms with Crippen molar-refractivity contribution in [3.8, 4) is 11.1 Å². The minimum Gasteiger partial charge on any atom is -0.305 e. The highest BCUT2D eigenvalue weighted by Gasteiger charge is 2.51. The maximum absolute atomic E-state index is 13.6. The van der Waals surface area contributed by atoms with E-state index >= 15 is 0 Å². The molecule has 5 rings (SSSR count). The molecule has 0 atom stereocenters. The highest BCUT2D eigenvalue weighted by atomic mass is 16.2. The number of hydrogen-bond acceptors (Lipinski definition) is 2. The molecule has 4 heteroatoms. The normalized spacial score (nSPS) is 15.0. The lowest BCUT2D eigenvalue weighted by Gasteiger charge is -2.28. The summed E-state index contributed by atoms with van der Waals surface area (Å²) in [5.74, 6) is -0.212. The van der Waals surface area contributed by atoms with Crippen LogP contribution in [0, 0.1) is 0 Å². The van der Waals surface area contributed by atoms with E-state index in [1.807, 2.05) is 105 Å². The van der Waals surface area contributed by atoms with Crippen molar-refractivity contribution in [2.75, 3.05) is 4.90 Å². The molecule has 4 aromatic rings. The minimum absolute atomic E-state index is 0.212. The van der Waals surface area contributed by atoms with Crippen LogP contribution in [0.15, 0.2) is 109 Å². The Balaban J connectivity index is 1.41. The molecule has 0 saturated carbocycles. The van der Waals surface area contributed by atoms with Crippen LogP contribution in [-0.2, 0) is 17.8 Å². The van der Waals surface area contributed by atoms with Crippen molar-refractivity contribution in [1.29, 1.82) is 0 Å². The smallest absolute Gasteiger partial charge is 0.305 e. The van der Waals surface area contributed by atoms with Crippen LogP contribution in [-0.4, -0.2) is 22.4 Å². The molecule has 35 heavy (non-hydrogen) atoms. The maximum atomic E-state index is 13.6. The third kappa shape index (κ3) is 4.35. The second kappa shape index (κ2) is 9.22. The quantitative estimate of drug-likeness (QED) is 0.301. The molecule has 1 heterocycles. The molecule has 1 saturated heterocycles. The predicted molar refractivity (Wildman–Crippen MR) is 140 cm³/mol. The second-order valence-corrected chi connectivity index (χ2v) is 9.41. The molecule has 0 unspecified atom stereocenters. The van der Waals surface area contributed by atoms with Crippen LogP contribution >= 0.6 is 0 Å². The molecule has 0 aromatic heterocycles. The Morgan fingerprint density at radius 1 is 0.629 bits per heavy atom. The maximum Gasteiger partial charge on any atom is 0.332 e. The lowest BCUT2D eigenvalue weighted by atomic mass is 9.97. The Labute approximate surface area is 206 Å². The van der Waals surface area contributed by atoms with Crippen molar-refractivity contribution >= 4 is 17.6 Å². The van der Waals surface area contributed by atoms with Gasteiger partial charge in [0.1, 0.15) is 5.54 Å². The van der Waals surface area contributed by atoms with Gasteiger partial charge in [-0.15, -0.1) is 0 Å². The van der Waals surface area contributed by atoms with Crippen molar-refractivity contribution in [3.63, 3.8) is 0 Å². The fourth-order valence-electron chi connectivity index (χ4n) is 4.63. The van der Waals surface area contributed by atoms with E-state index in [2.05, 4.69) is 18.2 Å². The Morgan fingerprint density at radius 3 is 1.83 bits per heavy atom. The third-order valence-corrected chi connectivity index (χ3v) is 6.74. The lowest BCUT2D eigenvalue weighted by Crippen LogP contribution is -2.43. The summed E-state index contributed by atoms with van der Waals surface area (Å²) in [7, 11) is 0. The number of rotatable bonds is 6. The predicted octanol–water partition coefficient (Wildman–Crippen LogP) is 6.69. The zero-order chi connectivity index (χ0) is 24.4. The van der Waals surface area contributed by atoms with Crippen molar-refractivity contribution in [2.45, 2.75) is 32.4 Å². The first kappa shape index (κ1) is 22.6. The van der Waals surface area contributed by atoms with Gasteiger partial charge >= 0.3 is 6.03 Å². The molecule has 0 radical (unpaired) electrons. The van der Waals surface area contributed by atoms with Gasteiger partial charge in [0.25, 0.3) is 5.91 Å². The standard InChI is InChI=1S/C31H28N2O2/c1-31(2)29(34)33(28-19-17-25(18-20-28)24-13-7-4-8-14-24)30(35)32(31)22-27-16-10-9-15-26(27)21-23-11-5-3-6-12-23/h3-20H,21-22H2,1-2H3. The van der Waals surface area contributed by atoms with Crippen molar-refractivity contribution in [1.82, 2.24) is 4.90 Å². The van der Waals surface area contributed by atoms with E-state index in [4.69, 9.17) is 0 Å². The number of nitrogens with zero attached hydrogens (tertiary/aromatic N) is 2. The average molecular weight is 461 g/mol. The SMILES string of the molecule is CC1(C)C(=O)N(c2ccc(-c3ccccc3)cc2)C(=O)N1Cc1ccccc1Cc1ccccc1. The van der Waals surface area contributed by atoms with E-state index in [9.17, 15) is 9.59 Å². The van der Waals surface area contributed by atoms with E-state index in [0.717, 1.165) is 28.7 Å². The highest BCUT2D eigenvalue weighted by molar-refractivity contribution is 6.23. The molecule has 3 amide bonds. The summed E-state index contributed by atoms with van der Waals surface area (Å²) < 4.78 is 0. The van der Waals surface area contributed by atoms with Crippen LogP contribution in [0.2, 0.25) is 0 Å². The molecule has 0 aliphatic carbocycles. The molecule has 4 aromatic carbocycles. The average Bonchev–Trinajstić information content (AvgIpc) is 3.05. The van der Waals surface area contributed by atoms with E-state index in [-0.39, 0.29) is 11.9 Å². The molecule has 174 valence electrons. The number of imide groups is 1. The van der Waals surface area contributed by atoms with Gasteiger partial charge in [0.2, 0.25) is 0 Å². The van der Waals surface area contributed by atoms with Gasteiger partial charge in [0.15, 0.2) is 0 Å². The summed E-state index contributed by atoms with van der Waals surface area (Å²) in [4.78, 5) is 30.0. The highest BCUT2D eigenvalue weighted by Crippen LogP contribution is 2.35. The zero-order valence-corrected chi connectivity index (χ0v) is 20.0. The van der Waals surface area contributed by atoms with Gasteiger partial charge in [-0.1, -0.05) is 97.1 Å². The first-order valence-electron chi connectivity index (χ1n) is 11.9. The molecule has 4 nitrogen and oxygen atoms in total. The molecule has 1 aliphatic rings. The number of hydrogen-bond donors (Lipinski definition) is 0. The van der Waals surface area contributed by atoms with Gasteiger partial charge in [-0.25, -0.2) is 9.69 Å². The van der Waals surface area contributed by atoms with Crippen molar-refractivity contribution in [2.24, 2.45) is 0 Å². The molecule has 0 spiro atoms. The summed E-state index contributed by atoms with van der Waals surface area (Å²) in [5.41, 5.74) is 5.19. The third-order valence-electron chi connectivity index (χ3n) is 6.74. The Morgan fingerprint density at radius 2 is 1.17 bits per heavy atom. The van der Waals surface area contributed by atoms with Crippen LogP contribution in [0.25, 0.3) is 11.1 Å². The molecular formula is C31H28N2O2. The molecule has 1 fully saturated rings. The summed E-state index contributed by atoms with van der Waals surface area (Å²) >= 11 is 0. The lowest BCUT2D eigenvalue weighted by molar-refractivity contribution is -0.123. The fourth-order valence-corrected chi connectivity index (χ4v) is 4.63. The number of anilines is 1. The summed E-state index contributed by atoms with van der Waals surface area (Å²) in [6.07, 6.45) is 0.776. The number of benzene rings is 4.